The van der Waals surface area contributed by atoms with Crippen molar-refractivity contribution in [2.45, 2.75) is 19.9 Å². The van der Waals surface area contributed by atoms with Crippen molar-refractivity contribution in [2.24, 2.45) is 0 Å². The van der Waals surface area contributed by atoms with Crippen LogP contribution in [0.4, 0.5) is 5.69 Å². The van der Waals surface area contributed by atoms with Gasteiger partial charge in [-0.15, -0.1) is 0 Å². The van der Waals surface area contributed by atoms with E-state index < -0.39 is 0 Å². The second-order valence-electron chi connectivity index (χ2n) is 7.75. The third-order valence-electron chi connectivity index (χ3n) is 5.54. The maximum atomic E-state index is 13.0. The van der Waals surface area contributed by atoms with Gasteiger partial charge >= 0.3 is 0 Å². The fourth-order valence-electron chi connectivity index (χ4n) is 3.76. The Kier molecular flexibility index (Phi) is 6.26. The van der Waals surface area contributed by atoms with Crippen LogP contribution in [0.1, 0.15) is 11.1 Å². The summed E-state index contributed by atoms with van der Waals surface area (Å²) < 4.78 is 7.12. The molecule has 4 rings (SSSR count). The first kappa shape index (κ1) is 20.3. The molecule has 1 fully saturated rings. The number of morpholine rings is 1. The van der Waals surface area contributed by atoms with Gasteiger partial charge in [0, 0.05) is 48.8 Å². The van der Waals surface area contributed by atoms with E-state index in [-0.39, 0.29) is 11.5 Å². The first-order chi connectivity index (χ1) is 14.6. The molecule has 1 aromatic heterocycles. The number of hydrogen-bond donors (Lipinski definition) is 1. The number of nitrogens with one attached hydrogen (secondary N) is 1. The molecule has 2 aromatic carbocycles. The molecule has 0 bridgehead atoms. The molecule has 30 heavy (non-hydrogen) atoms. The summed E-state index contributed by atoms with van der Waals surface area (Å²) >= 11 is 0. The molecule has 1 aliphatic rings. The Hall–Kier alpha value is -2.96. The largest absolute Gasteiger partial charge is 0.379 e. The highest BCUT2D eigenvalue weighted by molar-refractivity contribution is 6.02. The van der Waals surface area contributed by atoms with Gasteiger partial charge in [-0.05, 0) is 30.7 Å². The quantitative estimate of drug-likeness (QED) is 0.685. The predicted octanol–water partition coefficient (Wildman–Crippen LogP) is 2.82. The van der Waals surface area contributed by atoms with E-state index in [1.54, 1.807) is 4.57 Å². The van der Waals surface area contributed by atoms with E-state index in [0.29, 0.717) is 24.0 Å². The number of carbonyl (C=O) groups excluding carboxylic acids is 1. The average molecular weight is 405 g/mol. The molecule has 1 saturated heterocycles. The van der Waals surface area contributed by atoms with Crippen molar-refractivity contribution in [3.8, 4) is 0 Å². The van der Waals surface area contributed by atoms with Gasteiger partial charge in [0.15, 0.2) is 0 Å². The van der Waals surface area contributed by atoms with Crippen LogP contribution in [0, 0.1) is 6.92 Å². The highest BCUT2D eigenvalue weighted by Crippen LogP contribution is 2.21. The number of ether oxygens (including phenoxy) is 1. The first-order valence-electron chi connectivity index (χ1n) is 10.4. The molecular formula is C24H27N3O3. The lowest BCUT2D eigenvalue weighted by molar-refractivity contribution is -0.115. The Morgan fingerprint density at radius 1 is 1.00 bits per heavy atom. The van der Waals surface area contributed by atoms with Gasteiger partial charge in [0.2, 0.25) is 5.91 Å². The Balaban J connectivity index is 1.49. The van der Waals surface area contributed by atoms with Crippen LogP contribution in [-0.2, 0) is 22.5 Å². The average Bonchev–Trinajstić information content (AvgIpc) is 2.76. The number of anilines is 1. The third-order valence-corrected chi connectivity index (χ3v) is 5.54. The van der Waals surface area contributed by atoms with Gasteiger partial charge in [-0.2, -0.15) is 0 Å². The summed E-state index contributed by atoms with van der Waals surface area (Å²) in [7, 11) is 0. The van der Waals surface area contributed by atoms with Crippen molar-refractivity contribution in [3.63, 3.8) is 0 Å². The van der Waals surface area contributed by atoms with Gasteiger partial charge in [-0.25, -0.2) is 0 Å². The maximum absolute atomic E-state index is 13.0. The van der Waals surface area contributed by atoms with E-state index in [2.05, 4.69) is 10.2 Å². The summed E-state index contributed by atoms with van der Waals surface area (Å²) in [5.41, 5.74) is 2.76. The summed E-state index contributed by atoms with van der Waals surface area (Å²) in [5.74, 6) is -0.0946. The predicted molar refractivity (Wildman–Crippen MR) is 119 cm³/mol. The van der Waals surface area contributed by atoms with Crippen molar-refractivity contribution in [1.29, 1.82) is 0 Å². The minimum atomic E-state index is -0.0946. The van der Waals surface area contributed by atoms with Crippen LogP contribution in [0.15, 0.2) is 59.5 Å². The molecule has 0 unspecified atom stereocenters. The number of rotatable bonds is 6. The number of hydrogen-bond acceptors (Lipinski definition) is 4. The van der Waals surface area contributed by atoms with Gasteiger partial charge in [-0.3, -0.25) is 14.5 Å². The number of nitrogens with zero attached hydrogens (tertiary/aromatic N) is 2. The Labute approximate surface area is 176 Å². The van der Waals surface area contributed by atoms with Gasteiger partial charge in [0.1, 0.15) is 0 Å². The van der Waals surface area contributed by atoms with E-state index in [1.807, 2.05) is 61.7 Å². The van der Waals surface area contributed by atoms with Crippen molar-refractivity contribution in [1.82, 2.24) is 9.47 Å². The van der Waals surface area contributed by atoms with Gasteiger partial charge < -0.3 is 14.6 Å². The second-order valence-corrected chi connectivity index (χ2v) is 7.75. The lowest BCUT2D eigenvalue weighted by atomic mass is 10.1. The number of aryl methyl sites for hydroxylation is 1. The van der Waals surface area contributed by atoms with Crippen LogP contribution in [0.5, 0.6) is 0 Å². The zero-order chi connectivity index (χ0) is 20.9. The molecule has 0 atom stereocenters. The van der Waals surface area contributed by atoms with Gasteiger partial charge in [0.05, 0.1) is 19.6 Å². The molecule has 1 amide bonds. The molecule has 2 heterocycles. The summed E-state index contributed by atoms with van der Waals surface area (Å²) in [6, 6.07) is 15.3. The van der Waals surface area contributed by atoms with E-state index in [0.717, 1.165) is 49.4 Å². The molecule has 6 nitrogen and oxygen atoms in total. The first-order valence-corrected chi connectivity index (χ1v) is 10.4. The van der Waals surface area contributed by atoms with Crippen molar-refractivity contribution < 1.29 is 9.53 Å². The minimum absolute atomic E-state index is 0.0320. The zero-order valence-corrected chi connectivity index (χ0v) is 17.3. The fraction of sp³-hybridized carbons (Fsp3) is 0.333. The molecule has 0 saturated carbocycles. The van der Waals surface area contributed by atoms with Crippen LogP contribution in [0.3, 0.4) is 0 Å². The van der Waals surface area contributed by atoms with Gasteiger partial charge in [-0.1, -0.05) is 35.9 Å². The highest BCUT2D eigenvalue weighted by atomic mass is 16.5. The monoisotopic (exact) mass is 405 g/mol. The number of amides is 1. The number of pyridine rings is 1. The van der Waals surface area contributed by atoms with E-state index >= 15 is 0 Å². The normalized spacial score (nSPS) is 14.7. The summed E-state index contributed by atoms with van der Waals surface area (Å²) in [4.78, 5) is 27.8. The van der Waals surface area contributed by atoms with Gasteiger partial charge in [0.25, 0.3) is 5.56 Å². The smallest absolute Gasteiger partial charge is 0.258 e. The highest BCUT2D eigenvalue weighted by Gasteiger charge is 2.12. The van der Waals surface area contributed by atoms with Crippen LogP contribution in [-0.4, -0.2) is 48.2 Å². The Bertz CT molecular complexity index is 1080. The maximum Gasteiger partial charge on any atom is 0.258 e. The molecule has 1 aliphatic heterocycles. The third kappa shape index (κ3) is 4.78. The number of aromatic nitrogens is 1. The van der Waals surface area contributed by atoms with Crippen LogP contribution < -0.4 is 10.9 Å². The minimum Gasteiger partial charge on any atom is -0.379 e. The Morgan fingerprint density at radius 3 is 2.53 bits per heavy atom. The van der Waals surface area contributed by atoms with E-state index in [9.17, 15) is 9.59 Å². The Morgan fingerprint density at radius 2 is 1.77 bits per heavy atom. The van der Waals surface area contributed by atoms with Crippen LogP contribution >= 0.6 is 0 Å². The number of fused-ring (bicyclic) bond motifs is 1. The zero-order valence-electron chi connectivity index (χ0n) is 17.3. The fourth-order valence-corrected chi connectivity index (χ4v) is 3.76. The summed E-state index contributed by atoms with van der Waals surface area (Å²) in [5, 5.41) is 4.35. The molecular weight excluding hydrogens is 378 g/mol. The molecule has 0 spiro atoms. The van der Waals surface area contributed by atoms with Crippen molar-refractivity contribution in [3.05, 3.63) is 76.2 Å². The molecule has 0 aliphatic carbocycles. The lowest BCUT2D eigenvalue weighted by Crippen LogP contribution is -2.39. The molecule has 156 valence electrons. The van der Waals surface area contributed by atoms with E-state index in [4.69, 9.17) is 4.74 Å². The molecule has 6 heteroatoms. The van der Waals surface area contributed by atoms with Crippen molar-refractivity contribution in [2.75, 3.05) is 38.2 Å². The second kappa shape index (κ2) is 9.24. The molecule has 0 radical (unpaired) electrons. The summed E-state index contributed by atoms with van der Waals surface area (Å²) in [6.07, 6.45) is 2.12. The van der Waals surface area contributed by atoms with E-state index in [1.165, 1.54) is 0 Å². The molecule has 1 N–H and O–H groups in total. The van der Waals surface area contributed by atoms with Crippen LogP contribution in [0.25, 0.3) is 10.8 Å². The SMILES string of the molecule is Cc1ccc(CC(=O)Nc2cccc3c(=O)n(CCN4CCOCC4)ccc23)cc1. The number of carbonyl (C=O) groups is 1. The standard InChI is InChI=1S/C24H27N3O3/c1-18-5-7-19(8-6-18)17-23(28)25-22-4-2-3-21-20(22)9-10-27(24(21)29)12-11-26-13-15-30-16-14-26/h2-10H,11-17H2,1H3,(H,25,28). The van der Waals surface area contributed by atoms with Crippen LogP contribution in [0.2, 0.25) is 0 Å². The van der Waals surface area contributed by atoms with Crippen molar-refractivity contribution >= 4 is 22.4 Å². The summed E-state index contributed by atoms with van der Waals surface area (Å²) in [6.45, 7) is 6.78. The lowest BCUT2D eigenvalue weighted by Gasteiger charge is -2.26. The topological polar surface area (TPSA) is 63.6 Å². The number of benzene rings is 2. The molecule has 3 aromatic rings.